The summed E-state index contributed by atoms with van der Waals surface area (Å²) in [7, 11) is 0. The molecule has 0 aromatic carbocycles. The van der Waals surface area contributed by atoms with Crippen molar-refractivity contribution in [3.05, 3.63) is 32.7 Å². The standard InChI is InChI=1S/C9H12BrN3O2/c1-5-2-6(10)3-13(9(5)15)4-7(11)8(12)14/h2-3,7H,4,11H2,1H3,(H2,12,14). The molecule has 15 heavy (non-hydrogen) atoms. The fourth-order valence-electron chi connectivity index (χ4n) is 1.18. The van der Waals surface area contributed by atoms with Crippen molar-refractivity contribution in [2.75, 3.05) is 0 Å². The number of halogens is 1. The highest BCUT2D eigenvalue weighted by atomic mass is 79.9. The van der Waals surface area contributed by atoms with Gasteiger partial charge in [0.05, 0.1) is 0 Å². The maximum absolute atomic E-state index is 11.6. The topological polar surface area (TPSA) is 91.1 Å². The number of nitrogens with zero attached hydrogens (tertiary/aromatic N) is 1. The van der Waals surface area contributed by atoms with E-state index in [0.29, 0.717) is 5.56 Å². The molecular weight excluding hydrogens is 262 g/mol. The second-order valence-electron chi connectivity index (χ2n) is 3.31. The van der Waals surface area contributed by atoms with Gasteiger partial charge in [-0.05, 0) is 28.9 Å². The van der Waals surface area contributed by atoms with Crippen LogP contribution in [0.15, 0.2) is 21.5 Å². The molecule has 0 radical (unpaired) electrons. The number of pyridine rings is 1. The zero-order valence-electron chi connectivity index (χ0n) is 8.24. The fourth-order valence-corrected chi connectivity index (χ4v) is 1.77. The number of carbonyl (C=O) groups is 1. The highest BCUT2D eigenvalue weighted by Gasteiger charge is 2.11. The molecule has 1 heterocycles. The van der Waals surface area contributed by atoms with Gasteiger partial charge in [-0.25, -0.2) is 0 Å². The minimum Gasteiger partial charge on any atom is -0.368 e. The third-order valence-corrected chi connectivity index (χ3v) is 2.42. The van der Waals surface area contributed by atoms with E-state index in [9.17, 15) is 9.59 Å². The zero-order chi connectivity index (χ0) is 11.6. The maximum atomic E-state index is 11.6. The van der Waals surface area contributed by atoms with Gasteiger partial charge < -0.3 is 16.0 Å². The van der Waals surface area contributed by atoms with Gasteiger partial charge in [0.2, 0.25) is 5.91 Å². The molecule has 1 atom stereocenters. The first-order valence-electron chi connectivity index (χ1n) is 4.33. The van der Waals surface area contributed by atoms with Gasteiger partial charge in [0.1, 0.15) is 6.04 Å². The van der Waals surface area contributed by atoms with Crippen LogP contribution in [0.25, 0.3) is 0 Å². The Labute approximate surface area is 95.2 Å². The van der Waals surface area contributed by atoms with Gasteiger partial charge in [-0.15, -0.1) is 0 Å². The van der Waals surface area contributed by atoms with Crippen LogP contribution in [-0.4, -0.2) is 16.5 Å². The Morgan fingerprint density at radius 3 is 2.80 bits per heavy atom. The molecule has 0 aliphatic rings. The van der Waals surface area contributed by atoms with Crippen LogP contribution >= 0.6 is 15.9 Å². The SMILES string of the molecule is Cc1cc(Br)cn(CC(N)C(N)=O)c1=O. The number of rotatable bonds is 3. The quantitative estimate of drug-likeness (QED) is 0.795. The third-order valence-electron chi connectivity index (χ3n) is 1.99. The highest BCUT2D eigenvalue weighted by molar-refractivity contribution is 9.10. The zero-order valence-corrected chi connectivity index (χ0v) is 9.82. The summed E-state index contributed by atoms with van der Waals surface area (Å²) in [5, 5.41) is 0. The van der Waals surface area contributed by atoms with Crippen molar-refractivity contribution in [2.24, 2.45) is 11.5 Å². The molecule has 6 heteroatoms. The van der Waals surface area contributed by atoms with Crippen molar-refractivity contribution in [3.63, 3.8) is 0 Å². The van der Waals surface area contributed by atoms with Crippen LogP contribution in [0.3, 0.4) is 0 Å². The van der Waals surface area contributed by atoms with Gasteiger partial charge in [0.15, 0.2) is 0 Å². The minimum atomic E-state index is -0.851. The van der Waals surface area contributed by atoms with E-state index in [2.05, 4.69) is 15.9 Å². The molecule has 0 aliphatic carbocycles. The van der Waals surface area contributed by atoms with Gasteiger partial charge in [-0.1, -0.05) is 0 Å². The average molecular weight is 274 g/mol. The summed E-state index contributed by atoms with van der Waals surface area (Å²) in [6, 6.07) is 0.852. The lowest BCUT2D eigenvalue weighted by atomic mass is 10.2. The lowest BCUT2D eigenvalue weighted by Gasteiger charge is -2.11. The van der Waals surface area contributed by atoms with Crippen molar-refractivity contribution in [1.82, 2.24) is 4.57 Å². The lowest BCUT2D eigenvalue weighted by molar-refractivity contribution is -0.119. The van der Waals surface area contributed by atoms with Gasteiger partial charge in [-0.2, -0.15) is 0 Å². The number of amides is 1. The third kappa shape index (κ3) is 2.90. The molecule has 82 valence electrons. The lowest BCUT2D eigenvalue weighted by Crippen LogP contribution is -2.42. The molecule has 1 rings (SSSR count). The van der Waals surface area contributed by atoms with E-state index < -0.39 is 11.9 Å². The number of primary amides is 1. The molecule has 1 aromatic heterocycles. The predicted molar refractivity (Wildman–Crippen MR) is 60.3 cm³/mol. The Kier molecular flexibility index (Phi) is 3.65. The summed E-state index contributed by atoms with van der Waals surface area (Å²) in [5.74, 6) is -0.625. The Balaban J connectivity index is 3.05. The van der Waals surface area contributed by atoms with Crippen LogP contribution in [0.1, 0.15) is 5.56 Å². The van der Waals surface area contributed by atoms with E-state index in [-0.39, 0.29) is 12.1 Å². The molecule has 5 nitrogen and oxygen atoms in total. The van der Waals surface area contributed by atoms with E-state index in [1.165, 1.54) is 4.57 Å². The molecule has 0 bridgehead atoms. The Morgan fingerprint density at radius 1 is 1.67 bits per heavy atom. The van der Waals surface area contributed by atoms with Crippen molar-refractivity contribution >= 4 is 21.8 Å². The Morgan fingerprint density at radius 2 is 2.27 bits per heavy atom. The van der Waals surface area contributed by atoms with Crippen molar-refractivity contribution in [3.8, 4) is 0 Å². The highest BCUT2D eigenvalue weighted by Crippen LogP contribution is 2.08. The molecule has 1 aromatic rings. The molecule has 1 amide bonds. The number of aromatic nitrogens is 1. The summed E-state index contributed by atoms with van der Waals surface area (Å²) in [5.41, 5.74) is 10.9. The second kappa shape index (κ2) is 4.59. The summed E-state index contributed by atoms with van der Waals surface area (Å²) in [4.78, 5) is 22.4. The summed E-state index contributed by atoms with van der Waals surface area (Å²) in [6.07, 6.45) is 1.58. The predicted octanol–water partition coefficient (Wildman–Crippen LogP) is -0.268. The largest absolute Gasteiger partial charge is 0.368 e. The number of hydrogen-bond acceptors (Lipinski definition) is 3. The van der Waals surface area contributed by atoms with Crippen molar-refractivity contribution in [1.29, 1.82) is 0 Å². The number of carbonyl (C=O) groups excluding carboxylic acids is 1. The van der Waals surface area contributed by atoms with Gasteiger partial charge >= 0.3 is 0 Å². The van der Waals surface area contributed by atoms with Crippen molar-refractivity contribution in [2.45, 2.75) is 19.5 Å². The van der Waals surface area contributed by atoms with Crippen molar-refractivity contribution < 1.29 is 4.79 Å². The molecule has 0 saturated heterocycles. The van der Waals surface area contributed by atoms with Crippen LogP contribution < -0.4 is 17.0 Å². The molecule has 1 unspecified atom stereocenters. The summed E-state index contributed by atoms with van der Waals surface area (Å²) >= 11 is 3.26. The molecular formula is C9H12BrN3O2. The van der Waals surface area contributed by atoms with Crippen LogP contribution in [0.5, 0.6) is 0 Å². The van der Waals surface area contributed by atoms with E-state index in [1.54, 1.807) is 19.2 Å². The van der Waals surface area contributed by atoms with Crippen LogP contribution in [0.4, 0.5) is 0 Å². The van der Waals surface area contributed by atoms with E-state index in [1.807, 2.05) is 0 Å². The normalized spacial score (nSPS) is 12.5. The number of nitrogens with two attached hydrogens (primary N) is 2. The monoisotopic (exact) mass is 273 g/mol. The smallest absolute Gasteiger partial charge is 0.253 e. The summed E-state index contributed by atoms with van der Waals surface area (Å²) < 4.78 is 2.13. The Bertz CT molecular complexity index is 441. The van der Waals surface area contributed by atoms with Crippen LogP contribution in [0, 0.1) is 6.92 Å². The number of aryl methyl sites for hydroxylation is 1. The molecule has 0 fully saturated rings. The van der Waals surface area contributed by atoms with Crippen LogP contribution in [0.2, 0.25) is 0 Å². The number of hydrogen-bond donors (Lipinski definition) is 2. The van der Waals surface area contributed by atoms with E-state index >= 15 is 0 Å². The fraction of sp³-hybridized carbons (Fsp3) is 0.333. The average Bonchev–Trinajstić information content (AvgIpc) is 2.13. The summed E-state index contributed by atoms with van der Waals surface area (Å²) in [6.45, 7) is 1.79. The van der Waals surface area contributed by atoms with E-state index in [4.69, 9.17) is 11.5 Å². The maximum Gasteiger partial charge on any atom is 0.253 e. The molecule has 4 N–H and O–H groups in total. The first-order chi connectivity index (χ1) is 6.91. The van der Waals surface area contributed by atoms with Gasteiger partial charge in [-0.3, -0.25) is 9.59 Å². The second-order valence-corrected chi connectivity index (χ2v) is 4.22. The minimum absolute atomic E-state index is 0.0917. The molecule has 0 spiro atoms. The van der Waals surface area contributed by atoms with E-state index in [0.717, 1.165) is 4.47 Å². The molecule has 0 aliphatic heterocycles. The molecule has 0 saturated carbocycles. The Hall–Kier alpha value is -1.14. The van der Waals surface area contributed by atoms with Crippen LogP contribution in [-0.2, 0) is 11.3 Å². The first kappa shape index (κ1) is 11.9. The first-order valence-corrected chi connectivity index (χ1v) is 5.12. The van der Waals surface area contributed by atoms with Gasteiger partial charge in [0.25, 0.3) is 5.56 Å². The van der Waals surface area contributed by atoms with Gasteiger partial charge in [0, 0.05) is 22.8 Å².